The van der Waals surface area contributed by atoms with Gasteiger partial charge < -0.3 is 5.11 Å². The third-order valence-corrected chi connectivity index (χ3v) is 4.16. The van der Waals surface area contributed by atoms with Gasteiger partial charge in [-0.05, 0) is 0 Å². The van der Waals surface area contributed by atoms with Crippen LogP contribution in [0.4, 0.5) is 13.2 Å². The monoisotopic (exact) mass is 295 g/mol. The summed E-state index contributed by atoms with van der Waals surface area (Å²) in [4.78, 5) is 1.69. The van der Waals surface area contributed by atoms with Crippen molar-refractivity contribution in [1.29, 1.82) is 0 Å². The van der Waals surface area contributed by atoms with E-state index >= 15 is 0 Å². The highest BCUT2D eigenvalue weighted by Gasteiger charge is 2.40. The van der Waals surface area contributed by atoms with E-state index in [-0.39, 0.29) is 12.6 Å². The average Bonchev–Trinajstić information content (AvgIpc) is 2.75. The summed E-state index contributed by atoms with van der Waals surface area (Å²) < 4.78 is 39.0. The fourth-order valence-corrected chi connectivity index (χ4v) is 3.26. The number of rotatable bonds is 3. The molecule has 2 rings (SSSR count). The lowest BCUT2D eigenvalue weighted by molar-refractivity contribution is -0.209. The topological polar surface area (TPSA) is 41.3 Å². The van der Waals surface area contributed by atoms with E-state index in [9.17, 15) is 18.3 Å². The van der Waals surface area contributed by atoms with Gasteiger partial charge in [0.05, 0.1) is 6.20 Å². The molecule has 8 heteroatoms. The van der Waals surface area contributed by atoms with Crippen LogP contribution in [-0.2, 0) is 7.05 Å². The molecule has 0 spiro atoms. The third-order valence-electron chi connectivity index (χ3n) is 3.13. The van der Waals surface area contributed by atoms with E-state index in [0.29, 0.717) is 6.54 Å². The van der Waals surface area contributed by atoms with Crippen molar-refractivity contribution in [2.45, 2.75) is 18.3 Å². The minimum Gasteiger partial charge on any atom is -0.382 e. The van der Waals surface area contributed by atoms with E-state index in [1.54, 1.807) is 34.6 Å². The van der Waals surface area contributed by atoms with Gasteiger partial charge in [-0.3, -0.25) is 9.58 Å². The first-order valence-electron chi connectivity index (χ1n) is 5.93. The van der Waals surface area contributed by atoms with Crippen molar-refractivity contribution >= 4 is 11.8 Å². The van der Waals surface area contributed by atoms with Gasteiger partial charge in [-0.25, -0.2) is 0 Å². The number of aromatic nitrogens is 2. The van der Waals surface area contributed by atoms with Crippen LogP contribution < -0.4 is 0 Å². The Morgan fingerprint density at radius 2 is 2.32 bits per heavy atom. The second-order valence-electron chi connectivity index (χ2n) is 4.59. The first-order chi connectivity index (χ1) is 8.88. The van der Waals surface area contributed by atoms with Crippen LogP contribution >= 0.6 is 11.8 Å². The second-order valence-corrected chi connectivity index (χ2v) is 5.74. The van der Waals surface area contributed by atoms with Crippen LogP contribution in [0.3, 0.4) is 0 Å². The molecule has 1 fully saturated rings. The Kier molecular flexibility index (Phi) is 4.42. The van der Waals surface area contributed by atoms with Gasteiger partial charge in [-0.2, -0.15) is 30.0 Å². The zero-order valence-electron chi connectivity index (χ0n) is 10.5. The molecule has 4 nitrogen and oxygen atoms in total. The lowest BCUT2D eigenvalue weighted by Gasteiger charge is -2.36. The van der Waals surface area contributed by atoms with Crippen LogP contribution in [-0.4, -0.2) is 56.7 Å². The van der Waals surface area contributed by atoms with Crippen LogP contribution in [0, 0.1) is 0 Å². The SMILES string of the molecule is Cn1cc([C@@H]2CSCCN2C[C@H](O)C(F)(F)F)cn1. The number of aryl methyl sites for hydroxylation is 1. The molecule has 1 saturated heterocycles. The van der Waals surface area contributed by atoms with Gasteiger partial charge in [-0.1, -0.05) is 0 Å². The normalized spacial score (nSPS) is 23.5. The maximum Gasteiger partial charge on any atom is 0.415 e. The van der Waals surface area contributed by atoms with Crippen LogP contribution in [0.5, 0.6) is 0 Å². The van der Waals surface area contributed by atoms with E-state index in [1.807, 2.05) is 6.20 Å². The van der Waals surface area contributed by atoms with Crippen LogP contribution in [0.2, 0.25) is 0 Å². The number of hydrogen-bond acceptors (Lipinski definition) is 4. The molecule has 2 heterocycles. The standard InChI is InChI=1S/C11H16F3N3OS/c1-16-5-8(4-15-16)9-7-19-3-2-17(9)6-10(18)11(12,13)14/h4-5,9-10,18H,2-3,6-7H2,1H3/t9-,10-/m0/s1. The number of β-amino-alcohol motifs (C(OH)–C–C–N with tert-alkyl or cyclic N) is 1. The minimum absolute atomic E-state index is 0.121. The van der Waals surface area contributed by atoms with Gasteiger partial charge in [0.15, 0.2) is 6.10 Å². The number of thioether (sulfide) groups is 1. The van der Waals surface area contributed by atoms with Gasteiger partial charge >= 0.3 is 6.18 Å². The summed E-state index contributed by atoms with van der Waals surface area (Å²) in [7, 11) is 1.77. The summed E-state index contributed by atoms with van der Waals surface area (Å²) in [6, 6.07) is -0.121. The fourth-order valence-electron chi connectivity index (χ4n) is 2.10. The molecular formula is C11H16F3N3OS. The molecule has 1 N–H and O–H groups in total. The first-order valence-corrected chi connectivity index (χ1v) is 7.08. The summed E-state index contributed by atoms with van der Waals surface area (Å²) in [5.74, 6) is 1.50. The Balaban J connectivity index is 2.08. The highest BCUT2D eigenvalue weighted by Crippen LogP contribution is 2.31. The van der Waals surface area contributed by atoms with Crippen molar-refractivity contribution in [2.75, 3.05) is 24.6 Å². The maximum absolute atomic E-state index is 12.4. The Bertz CT molecular complexity index is 424. The molecule has 1 aromatic rings. The average molecular weight is 295 g/mol. The van der Waals surface area contributed by atoms with Crippen molar-refractivity contribution < 1.29 is 18.3 Å². The molecule has 2 atom stereocenters. The molecule has 0 bridgehead atoms. The number of halogens is 3. The zero-order valence-corrected chi connectivity index (χ0v) is 11.3. The lowest BCUT2D eigenvalue weighted by atomic mass is 10.1. The molecule has 1 aliphatic rings. The van der Waals surface area contributed by atoms with Crippen molar-refractivity contribution in [3.05, 3.63) is 18.0 Å². The summed E-state index contributed by atoms with van der Waals surface area (Å²) in [5, 5.41) is 13.3. The smallest absolute Gasteiger partial charge is 0.382 e. The van der Waals surface area contributed by atoms with Gasteiger partial charge in [0.2, 0.25) is 0 Å². The van der Waals surface area contributed by atoms with E-state index in [4.69, 9.17) is 0 Å². The van der Waals surface area contributed by atoms with Gasteiger partial charge in [-0.15, -0.1) is 0 Å². The summed E-state index contributed by atoms with van der Waals surface area (Å²) >= 11 is 1.70. The van der Waals surface area contributed by atoms with Crippen LogP contribution in [0.25, 0.3) is 0 Å². The van der Waals surface area contributed by atoms with Crippen molar-refractivity contribution in [1.82, 2.24) is 14.7 Å². The number of alkyl halides is 3. The van der Waals surface area contributed by atoms with Crippen LogP contribution in [0.15, 0.2) is 12.4 Å². The van der Waals surface area contributed by atoms with Gasteiger partial charge in [0.25, 0.3) is 0 Å². The number of hydrogen-bond donors (Lipinski definition) is 1. The largest absolute Gasteiger partial charge is 0.415 e. The predicted molar refractivity (Wildman–Crippen MR) is 66.9 cm³/mol. The molecule has 0 unspecified atom stereocenters. The highest BCUT2D eigenvalue weighted by molar-refractivity contribution is 7.99. The summed E-state index contributed by atoms with van der Waals surface area (Å²) in [6.07, 6.45) is -3.38. The first kappa shape index (κ1) is 14.7. The minimum atomic E-state index is -4.57. The van der Waals surface area contributed by atoms with Gasteiger partial charge in [0.1, 0.15) is 0 Å². The molecule has 19 heavy (non-hydrogen) atoms. The molecule has 0 radical (unpaired) electrons. The number of aliphatic hydroxyl groups excluding tert-OH is 1. The van der Waals surface area contributed by atoms with Crippen molar-refractivity contribution in [3.8, 4) is 0 Å². The van der Waals surface area contributed by atoms with E-state index in [1.165, 1.54) is 0 Å². The number of nitrogens with zero attached hydrogens (tertiary/aromatic N) is 3. The molecule has 1 aromatic heterocycles. The third kappa shape index (κ3) is 3.64. The molecule has 0 aromatic carbocycles. The Morgan fingerprint density at radius 1 is 1.58 bits per heavy atom. The highest BCUT2D eigenvalue weighted by atomic mass is 32.2. The zero-order chi connectivity index (χ0) is 14.0. The Labute approximate surface area is 113 Å². The summed E-state index contributed by atoms with van der Waals surface area (Å²) in [5.41, 5.74) is 0.893. The maximum atomic E-state index is 12.4. The van der Waals surface area contributed by atoms with E-state index in [0.717, 1.165) is 17.1 Å². The summed E-state index contributed by atoms with van der Waals surface area (Å²) in [6.45, 7) is 0.154. The second kappa shape index (κ2) is 5.72. The molecule has 0 aliphatic carbocycles. The quantitative estimate of drug-likeness (QED) is 0.916. The Hall–Kier alpha value is -0.730. The van der Waals surface area contributed by atoms with E-state index in [2.05, 4.69) is 5.10 Å². The van der Waals surface area contributed by atoms with Crippen molar-refractivity contribution in [3.63, 3.8) is 0 Å². The van der Waals surface area contributed by atoms with Gasteiger partial charge in [0, 0.05) is 49.4 Å². The molecular weight excluding hydrogens is 279 g/mol. The van der Waals surface area contributed by atoms with E-state index < -0.39 is 12.3 Å². The molecule has 108 valence electrons. The fraction of sp³-hybridized carbons (Fsp3) is 0.727. The Morgan fingerprint density at radius 3 is 2.89 bits per heavy atom. The number of aliphatic hydroxyl groups is 1. The molecule has 1 aliphatic heterocycles. The predicted octanol–water partition coefficient (Wildman–Crippen LogP) is 1.43. The molecule has 0 saturated carbocycles. The lowest BCUT2D eigenvalue weighted by Crippen LogP contribution is -2.45. The van der Waals surface area contributed by atoms with Crippen LogP contribution in [0.1, 0.15) is 11.6 Å². The molecule has 0 amide bonds. The van der Waals surface area contributed by atoms with Crippen molar-refractivity contribution in [2.24, 2.45) is 7.05 Å².